The number of rotatable bonds is 9. The molecule has 124 valence electrons. The minimum absolute atomic E-state index is 0.0569. The fourth-order valence-corrected chi connectivity index (χ4v) is 2.84. The minimum atomic E-state index is 0.0569. The lowest BCUT2D eigenvalue weighted by Crippen LogP contribution is -2.22. The molecule has 2 rings (SSSR count). The van der Waals surface area contributed by atoms with Crippen LogP contribution in [-0.2, 0) is 17.8 Å². The van der Waals surface area contributed by atoms with Crippen molar-refractivity contribution in [2.24, 2.45) is 0 Å². The van der Waals surface area contributed by atoms with Crippen LogP contribution in [-0.4, -0.2) is 19.6 Å². The van der Waals surface area contributed by atoms with Gasteiger partial charge in [-0.05, 0) is 52.9 Å². The molecule has 0 atom stereocenters. The molecule has 23 heavy (non-hydrogen) atoms. The Labute approximate surface area is 141 Å². The Kier molecular flexibility index (Phi) is 6.94. The van der Waals surface area contributed by atoms with E-state index >= 15 is 0 Å². The fourth-order valence-electron chi connectivity index (χ4n) is 2.14. The van der Waals surface area contributed by atoms with E-state index in [4.69, 9.17) is 9.47 Å². The molecule has 0 aliphatic carbocycles. The number of carbonyl (C=O) groups is 1. The number of carbonyl (C=O) groups excluding carboxylic acids is 1. The molecule has 1 N–H and O–H groups in total. The van der Waals surface area contributed by atoms with Gasteiger partial charge in [-0.25, -0.2) is 0 Å². The maximum Gasteiger partial charge on any atom is 0.220 e. The zero-order valence-corrected chi connectivity index (χ0v) is 14.4. The van der Waals surface area contributed by atoms with Crippen LogP contribution in [0.3, 0.4) is 0 Å². The molecule has 1 aromatic heterocycles. The molecule has 0 saturated heterocycles. The maximum absolute atomic E-state index is 11.9. The number of aryl methyl sites for hydroxylation is 1. The van der Waals surface area contributed by atoms with Gasteiger partial charge in [0.05, 0.1) is 13.7 Å². The molecular weight excluding hydrogens is 310 g/mol. The molecule has 1 heterocycles. The number of thiophene rings is 1. The van der Waals surface area contributed by atoms with Gasteiger partial charge < -0.3 is 14.8 Å². The van der Waals surface area contributed by atoms with Crippen molar-refractivity contribution in [3.8, 4) is 11.5 Å². The first-order chi connectivity index (χ1) is 11.2. The van der Waals surface area contributed by atoms with E-state index in [1.807, 2.05) is 23.6 Å². The number of benzene rings is 1. The second-order valence-electron chi connectivity index (χ2n) is 5.24. The molecule has 0 saturated carbocycles. The molecule has 5 heteroatoms. The molecule has 2 aromatic rings. The molecule has 0 aliphatic rings. The number of amides is 1. The monoisotopic (exact) mass is 333 g/mol. The highest BCUT2D eigenvalue weighted by atomic mass is 32.1. The van der Waals surface area contributed by atoms with E-state index in [0.29, 0.717) is 25.3 Å². The van der Waals surface area contributed by atoms with Gasteiger partial charge in [0, 0.05) is 13.0 Å². The Morgan fingerprint density at radius 3 is 2.78 bits per heavy atom. The van der Waals surface area contributed by atoms with Gasteiger partial charge in [0.25, 0.3) is 0 Å². The molecule has 1 amide bonds. The highest BCUT2D eigenvalue weighted by Crippen LogP contribution is 2.28. The summed E-state index contributed by atoms with van der Waals surface area (Å²) in [6.45, 7) is 3.22. The predicted molar refractivity (Wildman–Crippen MR) is 93.3 cm³/mol. The van der Waals surface area contributed by atoms with Crippen LogP contribution < -0.4 is 14.8 Å². The van der Waals surface area contributed by atoms with Crippen LogP contribution in [0.5, 0.6) is 11.5 Å². The van der Waals surface area contributed by atoms with Gasteiger partial charge >= 0.3 is 0 Å². The molecule has 0 unspecified atom stereocenters. The van der Waals surface area contributed by atoms with Gasteiger partial charge in [-0.3, -0.25) is 4.79 Å². The lowest BCUT2D eigenvalue weighted by atomic mass is 10.1. The van der Waals surface area contributed by atoms with E-state index in [-0.39, 0.29) is 5.91 Å². The minimum Gasteiger partial charge on any atom is -0.493 e. The Hall–Kier alpha value is -2.01. The standard InChI is InChI=1S/C18H23NO3S/c1-3-9-22-16-6-4-15(11-17(16)21-2)12-19-18(20)7-5-14-8-10-23-13-14/h4,6,8,10-11,13H,3,5,7,9,12H2,1-2H3,(H,19,20). The molecule has 4 nitrogen and oxygen atoms in total. The Bertz CT molecular complexity index is 611. The van der Waals surface area contributed by atoms with E-state index in [9.17, 15) is 4.79 Å². The van der Waals surface area contributed by atoms with Gasteiger partial charge in [0.1, 0.15) is 0 Å². The molecule has 0 aliphatic heterocycles. The van der Waals surface area contributed by atoms with Crippen LogP contribution >= 0.6 is 11.3 Å². The van der Waals surface area contributed by atoms with E-state index in [0.717, 1.165) is 24.2 Å². The molecule has 0 fully saturated rings. The highest BCUT2D eigenvalue weighted by molar-refractivity contribution is 7.07. The topological polar surface area (TPSA) is 47.6 Å². The maximum atomic E-state index is 11.9. The third-order valence-electron chi connectivity index (χ3n) is 3.40. The van der Waals surface area contributed by atoms with Crippen LogP contribution in [0.1, 0.15) is 30.9 Å². The number of nitrogens with one attached hydrogen (secondary N) is 1. The van der Waals surface area contributed by atoms with Crippen molar-refractivity contribution in [1.82, 2.24) is 5.32 Å². The third-order valence-corrected chi connectivity index (χ3v) is 4.13. The highest BCUT2D eigenvalue weighted by Gasteiger charge is 2.07. The summed E-state index contributed by atoms with van der Waals surface area (Å²) in [7, 11) is 1.62. The normalized spacial score (nSPS) is 10.3. The van der Waals surface area contributed by atoms with Crippen LogP contribution in [0.25, 0.3) is 0 Å². The Morgan fingerprint density at radius 2 is 2.09 bits per heavy atom. The lowest BCUT2D eigenvalue weighted by molar-refractivity contribution is -0.121. The lowest BCUT2D eigenvalue weighted by Gasteiger charge is -2.12. The Morgan fingerprint density at radius 1 is 1.22 bits per heavy atom. The number of methoxy groups -OCH3 is 1. The number of hydrogen-bond acceptors (Lipinski definition) is 4. The van der Waals surface area contributed by atoms with Gasteiger partial charge in [0.2, 0.25) is 5.91 Å². The van der Waals surface area contributed by atoms with E-state index in [1.54, 1.807) is 18.4 Å². The van der Waals surface area contributed by atoms with Gasteiger partial charge in [-0.2, -0.15) is 11.3 Å². The smallest absolute Gasteiger partial charge is 0.220 e. The van der Waals surface area contributed by atoms with Crippen LogP contribution in [0.4, 0.5) is 0 Å². The SMILES string of the molecule is CCCOc1ccc(CNC(=O)CCc2ccsc2)cc1OC. The van der Waals surface area contributed by atoms with E-state index < -0.39 is 0 Å². The summed E-state index contributed by atoms with van der Waals surface area (Å²) in [5.74, 6) is 1.49. The molecule has 1 aromatic carbocycles. The van der Waals surface area contributed by atoms with Crippen molar-refractivity contribution in [2.45, 2.75) is 32.7 Å². The summed E-state index contributed by atoms with van der Waals surface area (Å²) < 4.78 is 11.0. The van der Waals surface area contributed by atoms with Gasteiger partial charge in [-0.1, -0.05) is 13.0 Å². The zero-order chi connectivity index (χ0) is 16.5. The van der Waals surface area contributed by atoms with E-state index in [1.165, 1.54) is 5.56 Å². The van der Waals surface area contributed by atoms with Crippen molar-refractivity contribution < 1.29 is 14.3 Å². The van der Waals surface area contributed by atoms with Crippen molar-refractivity contribution >= 4 is 17.2 Å². The molecule has 0 spiro atoms. The van der Waals surface area contributed by atoms with E-state index in [2.05, 4.69) is 23.7 Å². The van der Waals surface area contributed by atoms with Gasteiger partial charge in [0.15, 0.2) is 11.5 Å². The predicted octanol–water partition coefficient (Wildman–Crippen LogP) is 3.79. The van der Waals surface area contributed by atoms with Crippen LogP contribution in [0.2, 0.25) is 0 Å². The fraction of sp³-hybridized carbons (Fsp3) is 0.389. The average molecular weight is 333 g/mol. The summed E-state index contributed by atoms with van der Waals surface area (Å²) in [4.78, 5) is 11.9. The first-order valence-corrected chi connectivity index (χ1v) is 8.74. The quantitative estimate of drug-likeness (QED) is 0.759. The summed E-state index contributed by atoms with van der Waals surface area (Å²) in [5.41, 5.74) is 2.21. The second kappa shape index (κ2) is 9.20. The van der Waals surface area contributed by atoms with Crippen molar-refractivity contribution in [3.05, 3.63) is 46.2 Å². The first-order valence-electron chi connectivity index (χ1n) is 7.80. The molecule has 0 bridgehead atoms. The van der Waals surface area contributed by atoms with Crippen molar-refractivity contribution in [1.29, 1.82) is 0 Å². The zero-order valence-electron chi connectivity index (χ0n) is 13.6. The van der Waals surface area contributed by atoms with Crippen molar-refractivity contribution in [3.63, 3.8) is 0 Å². The van der Waals surface area contributed by atoms with Crippen molar-refractivity contribution in [2.75, 3.05) is 13.7 Å². The summed E-state index contributed by atoms with van der Waals surface area (Å²) in [6.07, 6.45) is 2.24. The number of hydrogen-bond donors (Lipinski definition) is 1. The summed E-state index contributed by atoms with van der Waals surface area (Å²) >= 11 is 1.65. The summed E-state index contributed by atoms with van der Waals surface area (Å²) in [5, 5.41) is 7.05. The third kappa shape index (κ3) is 5.60. The Balaban J connectivity index is 1.83. The first kappa shape index (κ1) is 17.3. The largest absolute Gasteiger partial charge is 0.493 e. The van der Waals surface area contributed by atoms with Crippen LogP contribution in [0.15, 0.2) is 35.0 Å². The molecular formula is C18H23NO3S. The molecule has 0 radical (unpaired) electrons. The number of ether oxygens (including phenoxy) is 2. The second-order valence-corrected chi connectivity index (χ2v) is 6.02. The summed E-state index contributed by atoms with van der Waals surface area (Å²) in [6, 6.07) is 7.80. The van der Waals surface area contributed by atoms with Crippen LogP contribution in [0, 0.1) is 0 Å². The average Bonchev–Trinajstić information content (AvgIpc) is 3.10. The van der Waals surface area contributed by atoms with Gasteiger partial charge in [-0.15, -0.1) is 0 Å².